The molecule has 2 nitrogen and oxygen atoms in total. The Morgan fingerprint density at radius 2 is 1.89 bits per heavy atom. The maximum Gasteiger partial charge on any atom is 0.0949 e. The van der Waals surface area contributed by atoms with Gasteiger partial charge in [0.05, 0.1) is 6.10 Å². The molecule has 1 saturated carbocycles. The molecule has 0 amide bonds. The summed E-state index contributed by atoms with van der Waals surface area (Å²) in [5.74, 6) is 1.63. The van der Waals surface area contributed by atoms with Crippen molar-refractivity contribution in [3.63, 3.8) is 0 Å². The predicted molar refractivity (Wildman–Crippen MR) is 80.2 cm³/mol. The molecule has 1 aliphatic rings. The normalized spacial score (nSPS) is 16.8. The van der Waals surface area contributed by atoms with Crippen molar-refractivity contribution in [3.8, 4) is 0 Å². The topological polar surface area (TPSA) is 21.3 Å². The summed E-state index contributed by atoms with van der Waals surface area (Å²) in [5.41, 5.74) is 1.29. The van der Waals surface area contributed by atoms with E-state index in [1.54, 1.807) is 0 Å². The van der Waals surface area contributed by atoms with Gasteiger partial charge in [-0.1, -0.05) is 57.0 Å². The van der Waals surface area contributed by atoms with Crippen molar-refractivity contribution < 1.29 is 4.74 Å². The SMILES string of the molecule is CC(C)CNCC(OCCC1CC1)c1ccccc1. The molecule has 1 aliphatic carbocycles. The van der Waals surface area contributed by atoms with Gasteiger partial charge in [0.2, 0.25) is 0 Å². The Balaban J connectivity index is 1.80. The lowest BCUT2D eigenvalue weighted by atomic mass is 10.1. The maximum absolute atomic E-state index is 6.10. The minimum atomic E-state index is 0.193. The van der Waals surface area contributed by atoms with Gasteiger partial charge in [-0.2, -0.15) is 0 Å². The third-order valence-corrected chi connectivity index (χ3v) is 3.60. The van der Waals surface area contributed by atoms with E-state index in [2.05, 4.69) is 49.5 Å². The van der Waals surface area contributed by atoms with Crippen molar-refractivity contribution in [1.29, 1.82) is 0 Å². The van der Waals surface area contributed by atoms with E-state index in [1.165, 1.54) is 24.8 Å². The zero-order valence-corrected chi connectivity index (χ0v) is 12.3. The van der Waals surface area contributed by atoms with Crippen LogP contribution in [0.5, 0.6) is 0 Å². The minimum absolute atomic E-state index is 0.193. The first kappa shape index (κ1) is 14.5. The first-order valence-corrected chi connectivity index (χ1v) is 7.63. The summed E-state index contributed by atoms with van der Waals surface area (Å²) in [6.07, 6.45) is 4.24. The highest BCUT2D eigenvalue weighted by Crippen LogP contribution is 2.32. The molecule has 0 aromatic heterocycles. The summed E-state index contributed by atoms with van der Waals surface area (Å²) in [6.45, 7) is 7.33. The van der Waals surface area contributed by atoms with Gasteiger partial charge in [0.15, 0.2) is 0 Å². The van der Waals surface area contributed by atoms with Gasteiger partial charge in [-0.3, -0.25) is 0 Å². The fourth-order valence-electron chi connectivity index (χ4n) is 2.23. The molecule has 1 fully saturated rings. The minimum Gasteiger partial charge on any atom is -0.372 e. The Bertz CT molecular complexity index is 338. The van der Waals surface area contributed by atoms with Crippen molar-refractivity contribution in [1.82, 2.24) is 5.32 Å². The number of benzene rings is 1. The van der Waals surface area contributed by atoms with Gasteiger partial charge in [-0.25, -0.2) is 0 Å². The van der Waals surface area contributed by atoms with Crippen LogP contribution in [0, 0.1) is 11.8 Å². The quantitative estimate of drug-likeness (QED) is 0.730. The molecule has 2 rings (SSSR count). The molecule has 1 unspecified atom stereocenters. The van der Waals surface area contributed by atoms with Gasteiger partial charge < -0.3 is 10.1 Å². The third-order valence-electron chi connectivity index (χ3n) is 3.60. The number of hydrogen-bond acceptors (Lipinski definition) is 2. The van der Waals surface area contributed by atoms with Crippen molar-refractivity contribution >= 4 is 0 Å². The summed E-state index contributed by atoms with van der Waals surface area (Å²) < 4.78 is 6.10. The maximum atomic E-state index is 6.10. The molecule has 106 valence electrons. The Kier molecular flexibility index (Phi) is 5.87. The van der Waals surface area contributed by atoms with Crippen LogP contribution >= 0.6 is 0 Å². The van der Waals surface area contributed by atoms with E-state index in [-0.39, 0.29) is 6.10 Å². The van der Waals surface area contributed by atoms with E-state index >= 15 is 0 Å². The van der Waals surface area contributed by atoms with Gasteiger partial charge in [0.25, 0.3) is 0 Å². The van der Waals surface area contributed by atoms with Gasteiger partial charge in [-0.15, -0.1) is 0 Å². The third kappa shape index (κ3) is 5.75. The van der Waals surface area contributed by atoms with E-state index < -0.39 is 0 Å². The fourth-order valence-corrected chi connectivity index (χ4v) is 2.23. The molecular weight excluding hydrogens is 234 g/mol. The largest absolute Gasteiger partial charge is 0.372 e. The van der Waals surface area contributed by atoms with Crippen LogP contribution in [0.2, 0.25) is 0 Å². The van der Waals surface area contributed by atoms with Gasteiger partial charge in [-0.05, 0) is 30.4 Å². The van der Waals surface area contributed by atoms with Crippen LogP contribution in [-0.4, -0.2) is 19.7 Å². The van der Waals surface area contributed by atoms with Crippen molar-refractivity contribution in [2.24, 2.45) is 11.8 Å². The smallest absolute Gasteiger partial charge is 0.0949 e. The molecule has 1 N–H and O–H groups in total. The molecule has 19 heavy (non-hydrogen) atoms. The Morgan fingerprint density at radius 3 is 2.53 bits per heavy atom. The van der Waals surface area contributed by atoms with Crippen molar-refractivity contribution in [2.45, 2.75) is 39.2 Å². The molecule has 1 atom stereocenters. The van der Waals surface area contributed by atoms with Crippen molar-refractivity contribution in [3.05, 3.63) is 35.9 Å². The van der Waals surface area contributed by atoms with Crippen LogP contribution in [0.15, 0.2) is 30.3 Å². The fraction of sp³-hybridized carbons (Fsp3) is 0.647. The van der Waals surface area contributed by atoms with Crippen LogP contribution in [0.1, 0.15) is 44.8 Å². The Hall–Kier alpha value is -0.860. The lowest BCUT2D eigenvalue weighted by Crippen LogP contribution is -2.27. The average Bonchev–Trinajstić information content (AvgIpc) is 3.22. The van der Waals surface area contributed by atoms with Crippen molar-refractivity contribution in [2.75, 3.05) is 19.7 Å². The van der Waals surface area contributed by atoms with Crippen LogP contribution < -0.4 is 5.32 Å². The van der Waals surface area contributed by atoms with Crippen LogP contribution in [0.25, 0.3) is 0 Å². The highest BCUT2D eigenvalue weighted by molar-refractivity contribution is 5.17. The summed E-state index contributed by atoms with van der Waals surface area (Å²) in [5, 5.41) is 3.51. The zero-order valence-electron chi connectivity index (χ0n) is 12.3. The highest BCUT2D eigenvalue weighted by atomic mass is 16.5. The molecule has 1 aromatic rings. The molecule has 0 spiro atoms. The van der Waals surface area contributed by atoms with E-state index in [0.29, 0.717) is 5.92 Å². The van der Waals surface area contributed by atoms with Crippen LogP contribution in [-0.2, 0) is 4.74 Å². The highest BCUT2D eigenvalue weighted by Gasteiger charge is 2.21. The standard InChI is InChI=1S/C17H27NO/c1-14(2)12-18-13-17(16-6-4-3-5-7-16)19-11-10-15-8-9-15/h3-7,14-15,17-18H,8-13H2,1-2H3. The monoisotopic (exact) mass is 261 g/mol. The summed E-state index contributed by atoms with van der Waals surface area (Å²) >= 11 is 0. The second-order valence-electron chi connectivity index (χ2n) is 6.05. The molecule has 2 heteroatoms. The molecular formula is C17H27NO. The van der Waals surface area contributed by atoms with E-state index in [9.17, 15) is 0 Å². The lowest BCUT2D eigenvalue weighted by Gasteiger charge is -2.20. The van der Waals surface area contributed by atoms with E-state index in [4.69, 9.17) is 4.74 Å². The van der Waals surface area contributed by atoms with Gasteiger partial charge in [0, 0.05) is 13.2 Å². The second-order valence-corrected chi connectivity index (χ2v) is 6.05. The molecule has 0 radical (unpaired) electrons. The molecule has 0 saturated heterocycles. The number of nitrogens with one attached hydrogen (secondary N) is 1. The molecule has 1 aromatic carbocycles. The zero-order chi connectivity index (χ0) is 13.5. The number of ether oxygens (including phenoxy) is 1. The Labute approximate surface area is 117 Å². The van der Waals surface area contributed by atoms with Gasteiger partial charge >= 0.3 is 0 Å². The Morgan fingerprint density at radius 1 is 1.16 bits per heavy atom. The molecule has 0 bridgehead atoms. The molecule has 0 heterocycles. The number of hydrogen-bond donors (Lipinski definition) is 1. The van der Waals surface area contributed by atoms with Crippen LogP contribution in [0.3, 0.4) is 0 Å². The second kappa shape index (κ2) is 7.66. The summed E-state index contributed by atoms with van der Waals surface area (Å²) in [7, 11) is 0. The van der Waals surface area contributed by atoms with Gasteiger partial charge in [0.1, 0.15) is 0 Å². The van der Waals surface area contributed by atoms with E-state index in [0.717, 1.165) is 25.6 Å². The lowest BCUT2D eigenvalue weighted by molar-refractivity contribution is 0.0482. The number of rotatable bonds is 9. The van der Waals surface area contributed by atoms with E-state index in [1.807, 2.05) is 0 Å². The first-order valence-electron chi connectivity index (χ1n) is 7.63. The summed E-state index contributed by atoms with van der Waals surface area (Å²) in [6, 6.07) is 10.6. The average molecular weight is 261 g/mol. The van der Waals surface area contributed by atoms with Crippen LogP contribution in [0.4, 0.5) is 0 Å². The predicted octanol–water partition coefficient (Wildman–Crippen LogP) is 3.79. The first-order chi connectivity index (χ1) is 9.25. The molecule has 0 aliphatic heterocycles. The summed E-state index contributed by atoms with van der Waals surface area (Å²) in [4.78, 5) is 0.